The van der Waals surface area contributed by atoms with Crippen molar-refractivity contribution >= 4 is 15.8 Å². The zero-order valence-electron chi connectivity index (χ0n) is 14.7. The van der Waals surface area contributed by atoms with Crippen LogP contribution >= 0.6 is 0 Å². The number of nitrogens with zero attached hydrogens (tertiary/aromatic N) is 4. The van der Waals surface area contributed by atoms with Gasteiger partial charge in [0.2, 0.25) is 10.0 Å². The van der Waals surface area contributed by atoms with Crippen LogP contribution < -0.4 is 10.0 Å². The lowest BCUT2D eigenvalue weighted by molar-refractivity contribution is 0.463. The van der Waals surface area contributed by atoms with E-state index < -0.39 is 10.0 Å². The van der Waals surface area contributed by atoms with Gasteiger partial charge in [-0.3, -0.25) is 0 Å². The van der Waals surface area contributed by atoms with Crippen LogP contribution in [0.3, 0.4) is 0 Å². The van der Waals surface area contributed by atoms with Gasteiger partial charge in [-0.2, -0.15) is 5.10 Å². The predicted octanol–water partition coefficient (Wildman–Crippen LogP) is 1.41. The van der Waals surface area contributed by atoms with E-state index >= 15 is 0 Å². The van der Waals surface area contributed by atoms with Gasteiger partial charge in [-0.1, -0.05) is 6.42 Å². The van der Waals surface area contributed by atoms with E-state index in [2.05, 4.69) is 25.3 Å². The Morgan fingerprint density at radius 2 is 2.04 bits per heavy atom. The fraction of sp³-hybridized carbons (Fsp3) is 0.562. The van der Waals surface area contributed by atoms with Gasteiger partial charge in [-0.15, -0.1) is 10.2 Å². The topological polar surface area (TPSA) is 102 Å². The van der Waals surface area contributed by atoms with Gasteiger partial charge in [-0.05, 0) is 50.8 Å². The summed E-state index contributed by atoms with van der Waals surface area (Å²) in [6.07, 6.45) is 4.11. The Morgan fingerprint density at radius 3 is 2.64 bits per heavy atom. The van der Waals surface area contributed by atoms with E-state index in [0.717, 1.165) is 30.7 Å². The molecule has 3 rings (SSSR count). The quantitative estimate of drug-likeness (QED) is 0.803. The van der Waals surface area contributed by atoms with Gasteiger partial charge < -0.3 is 5.32 Å². The molecule has 136 valence electrons. The predicted molar refractivity (Wildman–Crippen MR) is 96.2 cm³/mol. The lowest BCUT2D eigenvalue weighted by Crippen LogP contribution is -2.39. The molecule has 2 unspecified atom stereocenters. The minimum atomic E-state index is -3.18. The Kier molecular flexibility index (Phi) is 5.05. The van der Waals surface area contributed by atoms with Gasteiger partial charge in [-0.25, -0.2) is 17.8 Å². The molecule has 2 N–H and O–H groups in total. The minimum absolute atomic E-state index is 0.00979. The summed E-state index contributed by atoms with van der Waals surface area (Å²) in [5.74, 6) is 1.61. The largest absolute Gasteiger partial charge is 0.368 e. The van der Waals surface area contributed by atoms with E-state index in [0.29, 0.717) is 18.2 Å². The maximum absolute atomic E-state index is 11.4. The number of rotatable bonds is 6. The molecular formula is C16H24N6O2S. The number of anilines is 1. The lowest BCUT2D eigenvalue weighted by atomic mass is 10.1. The van der Waals surface area contributed by atoms with E-state index in [9.17, 15) is 8.42 Å². The van der Waals surface area contributed by atoms with Gasteiger partial charge in [0.15, 0.2) is 5.82 Å². The third kappa shape index (κ3) is 4.55. The number of aryl methyl sites for hydroxylation is 2. The van der Waals surface area contributed by atoms with Crippen LogP contribution in [-0.2, 0) is 10.0 Å². The molecule has 1 fully saturated rings. The van der Waals surface area contributed by atoms with Crippen molar-refractivity contribution in [2.24, 2.45) is 5.92 Å². The summed E-state index contributed by atoms with van der Waals surface area (Å²) >= 11 is 0. The van der Waals surface area contributed by atoms with E-state index in [1.807, 2.05) is 32.0 Å². The Hall–Kier alpha value is -2.00. The molecule has 0 aliphatic heterocycles. The molecule has 0 saturated heterocycles. The first kappa shape index (κ1) is 17.8. The molecule has 2 atom stereocenters. The normalized spacial score (nSPS) is 20.8. The van der Waals surface area contributed by atoms with Crippen LogP contribution in [0.5, 0.6) is 0 Å². The molecule has 2 aromatic heterocycles. The summed E-state index contributed by atoms with van der Waals surface area (Å²) in [6, 6.07) is 5.72. The summed E-state index contributed by atoms with van der Waals surface area (Å²) in [6.45, 7) is 4.58. The number of sulfonamides is 1. The molecule has 8 nitrogen and oxygen atoms in total. The average molecular weight is 364 g/mol. The maximum Gasteiger partial charge on any atom is 0.208 e. The van der Waals surface area contributed by atoms with Crippen LogP contribution in [0.15, 0.2) is 18.2 Å². The molecule has 0 aromatic carbocycles. The van der Waals surface area contributed by atoms with Crippen molar-refractivity contribution in [1.82, 2.24) is 24.7 Å². The van der Waals surface area contributed by atoms with Crippen LogP contribution in [0, 0.1) is 19.8 Å². The molecule has 1 saturated carbocycles. The van der Waals surface area contributed by atoms with E-state index in [4.69, 9.17) is 0 Å². The smallest absolute Gasteiger partial charge is 0.208 e. The molecule has 1 aliphatic carbocycles. The summed E-state index contributed by atoms with van der Waals surface area (Å²) in [5.41, 5.74) is 1.94. The minimum Gasteiger partial charge on any atom is -0.368 e. The van der Waals surface area contributed by atoms with Crippen LogP contribution in [0.4, 0.5) is 5.82 Å². The third-order valence-electron chi connectivity index (χ3n) is 4.45. The molecule has 0 amide bonds. The molecule has 2 heterocycles. The van der Waals surface area contributed by atoms with Crippen molar-refractivity contribution in [3.8, 4) is 5.82 Å². The van der Waals surface area contributed by atoms with Gasteiger partial charge in [0, 0.05) is 18.3 Å². The Labute approximate surface area is 148 Å². The summed E-state index contributed by atoms with van der Waals surface area (Å²) in [5, 5.41) is 16.1. The van der Waals surface area contributed by atoms with Crippen molar-refractivity contribution in [3.63, 3.8) is 0 Å². The summed E-state index contributed by atoms with van der Waals surface area (Å²) < 4.78 is 27.4. The fourth-order valence-corrected chi connectivity index (χ4v) is 4.20. The molecule has 0 spiro atoms. The van der Waals surface area contributed by atoms with E-state index in [1.54, 1.807) is 4.68 Å². The Morgan fingerprint density at radius 1 is 1.24 bits per heavy atom. The average Bonchev–Trinajstić information content (AvgIpc) is 3.10. The van der Waals surface area contributed by atoms with E-state index in [1.165, 1.54) is 6.26 Å². The SMILES string of the molecule is Cc1cc(C)n(-c2ccc(NCC3CCCC3NS(C)(=O)=O)nn2)n1. The standard InChI is InChI=1S/C16H24N6O2S/c1-11-9-12(2)22(20-11)16-8-7-15(18-19-16)17-10-13-5-4-6-14(13)21-25(3,23)24/h7-9,13-14,21H,4-6,10H2,1-3H3,(H,17,18). The van der Waals surface area contributed by atoms with Gasteiger partial charge in [0.05, 0.1) is 11.9 Å². The lowest BCUT2D eigenvalue weighted by Gasteiger charge is -2.20. The number of nitrogens with one attached hydrogen (secondary N) is 2. The number of aromatic nitrogens is 4. The fourth-order valence-electron chi connectivity index (χ4n) is 3.34. The molecule has 0 bridgehead atoms. The highest BCUT2D eigenvalue weighted by atomic mass is 32.2. The molecule has 9 heteroatoms. The molecule has 25 heavy (non-hydrogen) atoms. The summed E-state index contributed by atoms with van der Waals surface area (Å²) in [7, 11) is -3.18. The monoisotopic (exact) mass is 364 g/mol. The van der Waals surface area contributed by atoms with Crippen molar-refractivity contribution in [3.05, 3.63) is 29.6 Å². The molecule has 2 aromatic rings. The first-order valence-corrected chi connectivity index (χ1v) is 10.3. The van der Waals surface area contributed by atoms with Crippen molar-refractivity contribution < 1.29 is 8.42 Å². The van der Waals surface area contributed by atoms with Crippen LogP contribution in [-0.4, -0.2) is 47.2 Å². The Bertz CT molecular complexity index is 831. The second-order valence-electron chi connectivity index (χ2n) is 6.68. The van der Waals surface area contributed by atoms with Crippen LogP contribution in [0.2, 0.25) is 0 Å². The molecule has 0 radical (unpaired) electrons. The van der Waals surface area contributed by atoms with Crippen LogP contribution in [0.25, 0.3) is 5.82 Å². The highest BCUT2D eigenvalue weighted by molar-refractivity contribution is 7.88. The second-order valence-corrected chi connectivity index (χ2v) is 8.46. The van der Waals surface area contributed by atoms with Crippen molar-refractivity contribution in [2.45, 2.75) is 39.2 Å². The van der Waals surface area contributed by atoms with Gasteiger partial charge >= 0.3 is 0 Å². The van der Waals surface area contributed by atoms with Crippen LogP contribution in [0.1, 0.15) is 30.7 Å². The first-order chi connectivity index (χ1) is 11.8. The zero-order chi connectivity index (χ0) is 18.0. The van der Waals surface area contributed by atoms with Crippen molar-refractivity contribution in [1.29, 1.82) is 0 Å². The summed E-state index contributed by atoms with van der Waals surface area (Å²) in [4.78, 5) is 0. The highest BCUT2D eigenvalue weighted by Crippen LogP contribution is 2.26. The highest BCUT2D eigenvalue weighted by Gasteiger charge is 2.29. The van der Waals surface area contributed by atoms with Gasteiger partial charge in [0.1, 0.15) is 5.82 Å². The molecule has 1 aliphatic rings. The number of hydrogen-bond donors (Lipinski definition) is 2. The Balaban J connectivity index is 1.61. The first-order valence-electron chi connectivity index (χ1n) is 8.40. The zero-order valence-corrected chi connectivity index (χ0v) is 15.5. The third-order valence-corrected chi connectivity index (χ3v) is 5.18. The second kappa shape index (κ2) is 7.09. The maximum atomic E-state index is 11.4. The van der Waals surface area contributed by atoms with Crippen molar-refractivity contribution in [2.75, 3.05) is 18.1 Å². The van der Waals surface area contributed by atoms with Gasteiger partial charge in [0.25, 0.3) is 0 Å². The van der Waals surface area contributed by atoms with E-state index in [-0.39, 0.29) is 12.0 Å². The molecular weight excluding hydrogens is 340 g/mol. The number of hydrogen-bond acceptors (Lipinski definition) is 6.